The third-order valence-corrected chi connectivity index (χ3v) is 1.66. The van der Waals surface area contributed by atoms with E-state index in [0.29, 0.717) is 25.3 Å². The van der Waals surface area contributed by atoms with Crippen LogP contribution in [0.5, 0.6) is 0 Å². The van der Waals surface area contributed by atoms with Crippen molar-refractivity contribution in [3.63, 3.8) is 0 Å². The Morgan fingerprint density at radius 3 is 3.00 bits per heavy atom. The fourth-order valence-electron chi connectivity index (χ4n) is 1.06. The molecular formula is C9H12N2O3Os. The molecule has 84 valence electrons. The molecule has 0 aliphatic carbocycles. The van der Waals surface area contributed by atoms with Crippen LogP contribution in [0.15, 0.2) is 12.3 Å². The summed E-state index contributed by atoms with van der Waals surface area (Å²) in [6.07, 6.45) is 2.64. The van der Waals surface area contributed by atoms with E-state index in [1.807, 2.05) is 0 Å². The van der Waals surface area contributed by atoms with E-state index in [1.54, 1.807) is 13.0 Å². The van der Waals surface area contributed by atoms with Gasteiger partial charge in [0.2, 0.25) is 0 Å². The molecule has 0 aromatic carbocycles. The van der Waals surface area contributed by atoms with Crippen LogP contribution in [0.25, 0.3) is 0 Å². The molecule has 15 heavy (non-hydrogen) atoms. The van der Waals surface area contributed by atoms with Gasteiger partial charge in [-0.15, -0.1) is 0 Å². The number of esters is 1. The number of hydrogen-bond donors (Lipinski definition) is 0. The van der Waals surface area contributed by atoms with Crippen molar-refractivity contribution in [1.29, 1.82) is 0 Å². The molecule has 0 spiro atoms. The van der Waals surface area contributed by atoms with Crippen molar-refractivity contribution in [2.45, 2.75) is 19.9 Å². The minimum Gasteiger partial charge on any atom is -0.461 e. The maximum absolute atomic E-state index is 11.3. The number of carbonyl (C=O) groups excluding carboxylic acids is 2. The number of nitrogens with zero attached hydrogens (tertiary/aromatic N) is 2. The van der Waals surface area contributed by atoms with Crippen LogP contribution >= 0.6 is 0 Å². The number of rotatable bonds is 5. The number of aldehydes is 1. The van der Waals surface area contributed by atoms with Gasteiger partial charge in [-0.25, -0.2) is 4.79 Å². The Morgan fingerprint density at radius 2 is 2.40 bits per heavy atom. The van der Waals surface area contributed by atoms with Crippen molar-refractivity contribution >= 4 is 12.3 Å². The van der Waals surface area contributed by atoms with Gasteiger partial charge in [-0.2, -0.15) is 5.10 Å². The number of ether oxygens (including phenoxy) is 1. The zero-order chi connectivity index (χ0) is 10.4. The third kappa shape index (κ3) is 3.92. The van der Waals surface area contributed by atoms with Gasteiger partial charge in [-0.1, -0.05) is 0 Å². The molecule has 0 N–H and O–H groups in total. The summed E-state index contributed by atoms with van der Waals surface area (Å²) in [6, 6.07) is 1.57. The predicted molar refractivity (Wildman–Crippen MR) is 48.9 cm³/mol. The van der Waals surface area contributed by atoms with Crippen LogP contribution in [-0.2, 0) is 35.9 Å². The van der Waals surface area contributed by atoms with Gasteiger partial charge in [0.1, 0.15) is 12.0 Å². The fraction of sp³-hybridized carbons (Fsp3) is 0.444. The fourth-order valence-corrected chi connectivity index (χ4v) is 1.06. The van der Waals surface area contributed by atoms with E-state index in [1.165, 1.54) is 10.9 Å². The third-order valence-electron chi connectivity index (χ3n) is 1.66. The van der Waals surface area contributed by atoms with Crippen LogP contribution in [-0.4, -0.2) is 28.6 Å². The van der Waals surface area contributed by atoms with Crippen molar-refractivity contribution in [3.05, 3.63) is 18.0 Å². The van der Waals surface area contributed by atoms with E-state index in [0.717, 1.165) is 6.29 Å². The van der Waals surface area contributed by atoms with Crippen molar-refractivity contribution in [1.82, 2.24) is 9.78 Å². The smallest absolute Gasteiger partial charge is 0.356 e. The summed E-state index contributed by atoms with van der Waals surface area (Å²) >= 11 is 0. The Hall–Kier alpha value is -1.01. The summed E-state index contributed by atoms with van der Waals surface area (Å²) in [6.45, 7) is 2.48. The second-order valence-electron chi connectivity index (χ2n) is 2.62. The predicted octanol–water partition coefficient (Wildman–Crippen LogP) is 0.646. The van der Waals surface area contributed by atoms with E-state index in [-0.39, 0.29) is 19.8 Å². The molecule has 0 unspecified atom stereocenters. The topological polar surface area (TPSA) is 61.2 Å². The van der Waals surface area contributed by atoms with Crippen LogP contribution in [0.3, 0.4) is 0 Å². The second-order valence-corrected chi connectivity index (χ2v) is 2.62. The summed E-state index contributed by atoms with van der Waals surface area (Å²) in [5, 5.41) is 3.91. The van der Waals surface area contributed by atoms with Gasteiger partial charge in [-0.05, 0) is 13.0 Å². The molecule has 1 heterocycles. The minimum atomic E-state index is -0.407. The van der Waals surface area contributed by atoms with Crippen molar-refractivity contribution < 1.29 is 34.1 Å². The Bertz CT molecular complexity index is 325. The van der Waals surface area contributed by atoms with Crippen molar-refractivity contribution in [2.75, 3.05) is 6.61 Å². The Kier molecular flexibility index (Phi) is 6.81. The van der Waals surface area contributed by atoms with Gasteiger partial charge < -0.3 is 9.53 Å². The number of aryl methyl sites for hydroxylation is 1. The van der Waals surface area contributed by atoms with E-state index < -0.39 is 5.97 Å². The van der Waals surface area contributed by atoms with Crippen LogP contribution in [0.2, 0.25) is 0 Å². The Balaban J connectivity index is 0.00000196. The molecular weight excluding hydrogens is 374 g/mol. The summed E-state index contributed by atoms with van der Waals surface area (Å²) in [5.41, 5.74) is 0.383. The van der Waals surface area contributed by atoms with Crippen LogP contribution in [0.1, 0.15) is 23.8 Å². The molecule has 0 aliphatic rings. The summed E-state index contributed by atoms with van der Waals surface area (Å²) < 4.78 is 6.28. The maximum atomic E-state index is 11.3. The quantitative estimate of drug-likeness (QED) is 0.551. The second kappa shape index (κ2) is 7.30. The average Bonchev–Trinajstić information content (AvgIpc) is 2.63. The van der Waals surface area contributed by atoms with Gasteiger partial charge in [0.25, 0.3) is 0 Å². The van der Waals surface area contributed by atoms with Gasteiger partial charge in [0, 0.05) is 39.0 Å². The molecule has 0 aliphatic heterocycles. The first-order valence-corrected chi connectivity index (χ1v) is 4.42. The van der Waals surface area contributed by atoms with Gasteiger partial charge in [0.15, 0.2) is 0 Å². The zero-order valence-corrected chi connectivity index (χ0v) is 10.9. The molecule has 1 aromatic rings. The first kappa shape index (κ1) is 14.0. The van der Waals surface area contributed by atoms with E-state index >= 15 is 0 Å². The van der Waals surface area contributed by atoms with Crippen molar-refractivity contribution in [2.24, 2.45) is 0 Å². The van der Waals surface area contributed by atoms with Crippen LogP contribution < -0.4 is 0 Å². The number of hydrogen-bond acceptors (Lipinski definition) is 4. The van der Waals surface area contributed by atoms with E-state index in [9.17, 15) is 9.59 Å². The molecule has 1 rings (SSSR count). The van der Waals surface area contributed by atoms with Crippen molar-refractivity contribution in [3.8, 4) is 0 Å². The molecule has 0 saturated carbocycles. The molecule has 6 heteroatoms. The molecule has 0 amide bonds. The number of carbonyl (C=O) groups is 2. The van der Waals surface area contributed by atoms with Gasteiger partial charge in [-0.3, -0.25) is 4.68 Å². The van der Waals surface area contributed by atoms with Crippen LogP contribution in [0, 0.1) is 0 Å². The Morgan fingerprint density at radius 1 is 1.67 bits per heavy atom. The maximum Gasteiger partial charge on any atom is 0.356 e. The van der Waals surface area contributed by atoms with E-state index in [4.69, 9.17) is 4.74 Å². The molecule has 1 aromatic heterocycles. The molecule has 0 fully saturated rings. The summed E-state index contributed by atoms with van der Waals surface area (Å²) in [7, 11) is 0. The molecule has 0 atom stereocenters. The average molecular weight is 386 g/mol. The number of aromatic nitrogens is 2. The van der Waals surface area contributed by atoms with Gasteiger partial charge >= 0.3 is 5.97 Å². The molecule has 0 saturated heterocycles. The van der Waals surface area contributed by atoms with Gasteiger partial charge in [0.05, 0.1) is 6.61 Å². The largest absolute Gasteiger partial charge is 0.461 e. The SMILES string of the molecule is CCOC(=O)c1ccnn1CCC=O.[Os]. The zero-order valence-electron chi connectivity index (χ0n) is 8.33. The first-order valence-electron chi connectivity index (χ1n) is 4.42. The minimum absolute atomic E-state index is 0. The normalized spacial score (nSPS) is 9.13. The van der Waals surface area contributed by atoms with Crippen LogP contribution in [0.4, 0.5) is 0 Å². The molecule has 0 bridgehead atoms. The Labute approximate surface area is 101 Å². The monoisotopic (exact) mass is 388 g/mol. The van der Waals surface area contributed by atoms with E-state index in [2.05, 4.69) is 5.10 Å². The molecule has 5 nitrogen and oxygen atoms in total. The molecule has 0 radical (unpaired) electrons. The first-order chi connectivity index (χ1) is 6.79. The summed E-state index contributed by atoms with van der Waals surface area (Å²) in [4.78, 5) is 21.5. The summed E-state index contributed by atoms with van der Waals surface area (Å²) in [5.74, 6) is -0.407. The standard InChI is InChI=1S/C9H12N2O3.Os/c1-2-14-9(13)8-4-5-10-11(8)6-3-7-12;/h4-5,7H,2-3,6H2,1H3;.